The molecule has 6 rings (SSSR count). The Morgan fingerprint density at radius 2 is 1.80 bits per heavy atom. The van der Waals surface area contributed by atoms with Gasteiger partial charge in [-0.3, -0.25) is 14.7 Å². The molecule has 0 radical (unpaired) electrons. The van der Waals surface area contributed by atoms with Gasteiger partial charge in [0.25, 0.3) is 0 Å². The maximum atomic E-state index is 12.5. The van der Waals surface area contributed by atoms with Crippen molar-refractivity contribution in [2.24, 2.45) is 5.92 Å². The molecule has 1 amide bonds. The van der Waals surface area contributed by atoms with Gasteiger partial charge in [-0.05, 0) is 54.7 Å². The molecule has 1 saturated heterocycles. The number of carbonyl (C=O) groups is 1. The SMILES string of the molecule is O=C(CC(F)(F)F)N1CCN(Cc2ccnc(Cc3nc4ccc(-c5ccnc(OCC6CC6)n5)cc4[nH]3)c2)CC1. The predicted octanol–water partition coefficient (Wildman–Crippen LogP) is 4.39. The van der Waals surface area contributed by atoms with Crippen molar-refractivity contribution in [1.82, 2.24) is 34.7 Å². The van der Waals surface area contributed by atoms with E-state index in [1.54, 1.807) is 12.4 Å². The summed E-state index contributed by atoms with van der Waals surface area (Å²) in [5.74, 6) is 0.551. The van der Waals surface area contributed by atoms with Crippen molar-refractivity contribution >= 4 is 16.9 Å². The van der Waals surface area contributed by atoms with Crippen molar-refractivity contribution in [2.75, 3.05) is 32.8 Å². The second-order valence-electron chi connectivity index (χ2n) is 10.7. The van der Waals surface area contributed by atoms with Crippen LogP contribution in [0.3, 0.4) is 0 Å². The van der Waals surface area contributed by atoms with Crippen LogP contribution in [0.5, 0.6) is 6.01 Å². The third-order valence-corrected chi connectivity index (χ3v) is 7.32. The number of fused-ring (bicyclic) bond motifs is 1. The van der Waals surface area contributed by atoms with Gasteiger partial charge < -0.3 is 14.6 Å². The average molecular weight is 566 g/mol. The van der Waals surface area contributed by atoms with Crippen molar-refractivity contribution < 1.29 is 22.7 Å². The minimum atomic E-state index is -4.48. The Balaban J connectivity index is 1.07. The Hall–Kier alpha value is -4.06. The van der Waals surface area contributed by atoms with E-state index in [0.717, 1.165) is 39.4 Å². The molecule has 214 valence electrons. The fourth-order valence-electron chi connectivity index (χ4n) is 4.95. The molecular formula is C29H30F3N7O2. The number of alkyl halides is 3. The zero-order chi connectivity index (χ0) is 28.4. The number of hydrogen-bond donors (Lipinski definition) is 1. The Morgan fingerprint density at radius 3 is 2.59 bits per heavy atom. The molecule has 0 spiro atoms. The van der Waals surface area contributed by atoms with E-state index in [1.807, 2.05) is 36.4 Å². The zero-order valence-corrected chi connectivity index (χ0v) is 22.4. The second kappa shape index (κ2) is 11.4. The standard InChI is InChI=1S/C29H30F3N7O2/c30-29(31,32)16-27(40)39-11-9-38(10-12-39)17-20-5-7-33-22(13-20)15-26-35-24-4-3-21(14-25(24)36-26)23-6-8-34-28(37-23)41-18-19-1-2-19/h3-8,13-14,19H,1-2,9-12,15-18H2,(H,35,36). The second-order valence-corrected chi connectivity index (χ2v) is 10.7. The molecule has 0 atom stereocenters. The fraction of sp³-hybridized carbons (Fsp3) is 0.414. The largest absolute Gasteiger partial charge is 0.463 e. The molecular weight excluding hydrogens is 535 g/mol. The number of halogens is 3. The third kappa shape index (κ3) is 7.18. The Kier molecular flexibility index (Phi) is 7.57. The summed E-state index contributed by atoms with van der Waals surface area (Å²) >= 11 is 0. The number of benzene rings is 1. The number of aromatic amines is 1. The molecule has 2 aliphatic rings. The van der Waals surface area contributed by atoms with Gasteiger partial charge in [-0.25, -0.2) is 9.97 Å². The van der Waals surface area contributed by atoms with Gasteiger partial charge in [-0.2, -0.15) is 18.2 Å². The number of amides is 1. The normalized spacial score (nSPS) is 16.3. The van der Waals surface area contributed by atoms with E-state index in [0.29, 0.717) is 44.6 Å². The molecule has 4 heterocycles. The molecule has 1 saturated carbocycles. The number of ether oxygens (including phenoxy) is 1. The number of imidazole rings is 1. The molecule has 2 fully saturated rings. The van der Waals surface area contributed by atoms with Gasteiger partial charge in [0.05, 0.1) is 23.3 Å². The maximum Gasteiger partial charge on any atom is 0.397 e. The van der Waals surface area contributed by atoms with Crippen LogP contribution in [0.1, 0.15) is 36.3 Å². The van der Waals surface area contributed by atoms with Gasteiger partial charge in [0.2, 0.25) is 5.91 Å². The minimum absolute atomic E-state index is 0.289. The van der Waals surface area contributed by atoms with Gasteiger partial charge in [0.1, 0.15) is 12.2 Å². The molecule has 9 nitrogen and oxygen atoms in total. The predicted molar refractivity (Wildman–Crippen MR) is 145 cm³/mol. The van der Waals surface area contributed by atoms with E-state index in [2.05, 4.69) is 24.8 Å². The van der Waals surface area contributed by atoms with Gasteiger partial charge in [0.15, 0.2) is 0 Å². The number of aromatic nitrogens is 5. The number of H-pyrrole nitrogens is 1. The van der Waals surface area contributed by atoms with Crippen molar-refractivity contribution in [3.63, 3.8) is 0 Å². The summed E-state index contributed by atoms with van der Waals surface area (Å²) < 4.78 is 43.4. The van der Waals surface area contributed by atoms with Crippen LogP contribution < -0.4 is 4.74 Å². The first kappa shape index (κ1) is 27.1. The van der Waals surface area contributed by atoms with Crippen molar-refractivity contribution in [3.05, 3.63) is 65.9 Å². The molecule has 0 bridgehead atoms. The average Bonchev–Trinajstić information content (AvgIpc) is 3.69. The number of nitrogens with one attached hydrogen (secondary N) is 1. The fourth-order valence-corrected chi connectivity index (χ4v) is 4.95. The lowest BCUT2D eigenvalue weighted by molar-refractivity contribution is -0.162. The first-order valence-electron chi connectivity index (χ1n) is 13.7. The lowest BCUT2D eigenvalue weighted by Crippen LogP contribution is -2.49. The van der Waals surface area contributed by atoms with Crippen molar-refractivity contribution in [1.29, 1.82) is 0 Å². The Labute approximate surface area is 234 Å². The maximum absolute atomic E-state index is 12.5. The highest BCUT2D eigenvalue weighted by atomic mass is 19.4. The van der Waals surface area contributed by atoms with Crippen LogP contribution in [-0.2, 0) is 17.8 Å². The lowest BCUT2D eigenvalue weighted by Gasteiger charge is -2.35. The molecule has 1 aromatic carbocycles. The molecule has 41 heavy (non-hydrogen) atoms. The minimum Gasteiger partial charge on any atom is -0.463 e. The van der Waals surface area contributed by atoms with E-state index in [4.69, 9.17) is 9.72 Å². The molecule has 4 aromatic rings. The van der Waals surface area contributed by atoms with Gasteiger partial charge >= 0.3 is 12.2 Å². The molecule has 12 heteroatoms. The van der Waals surface area contributed by atoms with E-state index in [1.165, 1.54) is 17.7 Å². The van der Waals surface area contributed by atoms with Crippen LogP contribution in [0.25, 0.3) is 22.3 Å². The van der Waals surface area contributed by atoms with Crippen molar-refractivity contribution in [2.45, 2.75) is 38.4 Å². The molecule has 1 aliphatic heterocycles. The summed E-state index contributed by atoms with van der Waals surface area (Å²) in [6, 6.07) is 12.2. The van der Waals surface area contributed by atoms with Crippen LogP contribution in [0.2, 0.25) is 0 Å². The molecule has 3 aromatic heterocycles. The number of carbonyl (C=O) groups excluding carboxylic acids is 1. The highest BCUT2D eigenvalue weighted by Crippen LogP contribution is 2.29. The first-order chi connectivity index (χ1) is 19.8. The number of piperazine rings is 1. The summed E-state index contributed by atoms with van der Waals surface area (Å²) in [6.07, 6.45) is 0.511. The summed E-state index contributed by atoms with van der Waals surface area (Å²) in [7, 11) is 0. The highest BCUT2D eigenvalue weighted by molar-refractivity contribution is 5.81. The monoisotopic (exact) mass is 565 g/mol. The topological polar surface area (TPSA) is 100 Å². The quantitative estimate of drug-likeness (QED) is 0.321. The number of nitrogens with zero attached hydrogens (tertiary/aromatic N) is 6. The molecule has 1 N–H and O–H groups in total. The van der Waals surface area contributed by atoms with Gasteiger partial charge in [0, 0.05) is 62.8 Å². The Bertz CT molecular complexity index is 1530. The van der Waals surface area contributed by atoms with E-state index < -0.39 is 18.5 Å². The smallest absolute Gasteiger partial charge is 0.397 e. The van der Waals surface area contributed by atoms with Crippen LogP contribution in [0, 0.1) is 5.92 Å². The summed E-state index contributed by atoms with van der Waals surface area (Å²) in [5, 5.41) is 0. The summed E-state index contributed by atoms with van der Waals surface area (Å²) in [6.45, 7) is 2.91. The number of hydrogen-bond acceptors (Lipinski definition) is 7. The Morgan fingerprint density at radius 1 is 1.00 bits per heavy atom. The van der Waals surface area contributed by atoms with E-state index >= 15 is 0 Å². The van der Waals surface area contributed by atoms with E-state index in [-0.39, 0.29) is 13.1 Å². The molecule has 0 unspecified atom stereocenters. The summed E-state index contributed by atoms with van der Waals surface area (Å²) in [4.78, 5) is 36.7. The van der Waals surface area contributed by atoms with Crippen LogP contribution >= 0.6 is 0 Å². The first-order valence-corrected chi connectivity index (χ1v) is 13.7. The lowest BCUT2D eigenvalue weighted by atomic mass is 10.1. The zero-order valence-electron chi connectivity index (χ0n) is 22.4. The van der Waals surface area contributed by atoms with Crippen LogP contribution in [0.15, 0.2) is 48.8 Å². The summed E-state index contributed by atoms with van der Waals surface area (Å²) in [5.41, 5.74) is 5.36. The van der Waals surface area contributed by atoms with Gasteiger partial charge in [-0.15, -0.1) is 0 Å². The molecule has 1 aliphatic carbocycles. The van der Waals surface area contributed by atoms with Crippen molar-refractivity contribution in [3.8, 4) is 17.3 Å². The van der Waals surface area contributed by atoms with Crippen LogP contribution in [-0.4, -0.2) is 79.6 Å². The number of rotatable bonds is 9. The van der Waals surface area contributed by atoms with Crippen LogP contribution in [0.4, 0.5) is 13.2 Å². The highest BCUT2D eigenvalue weighted by Gasteiger charge is 2.34. The number of pyridine rings is 1. The van der Waals surface area contributed by atoms with E-state index in [9.17, 15) is 18.0 Å². The third-order valence-electron chi connectivity index (χ3n) is 7.32. The van der Waals surface area contributed by atoms with Gasteiger partial charge in [-0.1, -0.05) is 6.07 Å².